The molecule has 6 heteroatoms. The number of piperidine rings is 1. The van der Waals surface area contributed by atoms with Crippen molar-refractivity contribution in [2.24, 2.45) is 0 Å². The topological polar surface area (TPSA) is 67.2 Å². The summed E-state index contributed by atoms with van der Waals surface area (Å²) in [4.78, 5) is 26.5. The second-order valence-electron chi connectivity index (χ2n) is 6.95. The van der Waals surface area contributed by atoms with Crippen LogP contribution in [0.25, 0.3) is 10.9 Å². The van der Waals surface area contributed by atoms with Crippen molar-refractivity contribution in [3.8, 4) is 0 Å². The Kier molecular flexibility index (Phi) is 3.84. The summed E-state index contributed by atoms with van der Waals surface area (Å²) in [5, 5.41) is 8.36. The molecule has 4 rings (SSSR count). The molecule has 6 nitrogen and oxygen atoms in total. The first kappa shape index (κ1) is 15.3. The van der Waals surface area contributed by atoms with Crippen molar-refractivity contribution >= 4 is 16.8 Å². The molecule has 24 heavy (non-hydrogen) atoms. The Morgan fingerprint density at radius 2 is 2.00 bits per heavy atom. The first-order valence-corrected chi connectivity index (χ1v) is 8.58. The van der Waals surface area contributed by atoms with E-state index < -0.39 is 0 Å². The molecule has 0 radical (unpaired) electrons. The van der Waals surface area contributed by atoms with Gasteiger partial charge in [0.1, 0.15) is 6.54 Å². The van der Waals surface area contributed by atoms with Crippen LogP contribution in [0.5, 0.6) is 0 Å². The molecule has 1 N–H and O–H groups in total. The van der Waals surface area contributed by atoms with Crippen molar-refractivity contribution in [2.75, 3.05) is 7.05 Å². The fourth-order valence-electron chi connectivity index (χ4n) is 4.07. The minimum absolute atomic E-state index is 0.0441. The third-order valence-electron chi connectivity index (χ3n) is 5.44. The Labute approximate surface area is 140 Å². The number of benzene rings is 1. The molecule has 1 aromatic carbocycles. The predicted molar refractivity (Wildman–Crippen MR) is 91.7 cm³/mol. The number of likely N-dealkylation sites (N-methyl/N-ethyl adjacent to an activating group) is 1. The van der Waals surface area contributed by atoms with Crippen LogP contribution in [0.3, 0.4) is 0 Å². The number of carbonyl (C=O) groups excluding carboxylic acids is 1. The monoisotopic (exact) mass is 326 g/mol. The third kappa shape index (κ3) is 2.71. The summed E-state index contributed by atoms with van der Waals surface area (Å²) in [6.45, 7) is 0.163. The van der Waals surface area contributed by atoms with Gasteiger partial charge in [-0.15, -0.1) is 0 Å². The van der Waals surface area contributed by atoms with Gasteiger partial charge < -0.3 is 10.2 Å². The Morgan fingerprint density at radius 3 is 2.75 bits per heavy atom. The van der Waals surface area contributed by atoms with Crippen molar-refractivity contribution in [1.29, 1.82) is 0 Å². The highest BCUT2D eigenvalue weighted by Gasteiger charge is 2.36. The fraction of sp³-hybridized carbons (Fsp3) is 0.500. The highest BCUT2D eigenvalue weighted by molar-refractivity contribution is 5.81. The molecule has 0 spiro atoms. The number of para-hydroxylation sites is 1. The minimum atomic E-state index is -0.113. The summed E-state index contributed by atoms with van der Waals surface area (Å²) in [5.41, 5.74) is 0.592. The molecule has 2 aromatic rings. The van der Waals surface area contributed by atoms with E-state index in [4.69, 9.17) is 0 Å². The van der Waals surface area contributed by atoms with Crippen molar-refractivity contribution in [3.05, 3.63) is 40.7 Å². The van der Waals surface area contributed by atoms with E-state index in [-0.39, 0.29) is 17.9 Å². The molecule has 2 atom stereocenters. The van der Waals surface area contributed by atoms with Gasteiger partial charge in [0.2, 0.25) is 11.3 Å². The van der Waals surface area contributed by atoms with Gasteiger partial charge in [0, 0.05) is 30.6 Å². The second kappa shape index (κ2) is 6.02. The van der Waals surface area contributed by atoms with E-state index in [1.807, 2.05) is 30.1 Å². The number of hydrogen-bond donors (Lipinski definition) is 1. The summed E-state index contributed by atoms with van der Waals surface area (Å²) >= 11 is 0. The SMILES string of the molecule is CN(C(=O)Cn1ncc(=O)c2ccccc21)C1CC2CCC(C1)N2. The molecular formula is C18H22N4O2. The van der Waals surface area contributed by atoms with E-state index in [0.29, 0.717) is 29.0 Å². The summed E-state index contributed by atoms with van der Waals surface area (Å²) in [7, 11) is 1.89. The van der Waals surface area contributed by atoms with Gasteiger partial charge in [-0.25, -0.2) is 0 Å². The van der Waals surface area contributed by atoms with Crippen LogP contribution in [0.1, 0.15) is 25.7 Å². The molecule has 2 unspecified atom stereocenters. The molecule has 2 fully saturated rings. The zero-order chi connectivity index (χ0) is 16.7. The van der Waals surface area contributed by atoms with Gasteiger partial charge in [-0.3, -0.25) is 14.3 Å². The third-order valence-corrected chi connectivity index (χ3v) is 5.44. The Bertz CT molecular complexity index is 819. The van der Waals surface area contributed by atoms with E-state index in [1.54, 1.807) is 10.7 Å². The molecule has 0 saturated carbocycles. The lowest BCUT2D eigenvalue weighted by atomic mass is 9.98. The summed E-state index contributed by atoms with van der Waals surface area (Å²) in [6, 6.07) is 8.69. The highest BCUT2D eigenvalue weighted by Crippen LogP contribution is 2.29. The Balaban J connectivity index is 1.54. The molecular weight excluding hydrogens is 304 g/mol. The lowest BCUT2D eigenvalue weighted by molar-refractivity contribution is -0.133. The van der Waals surface area contributed by atoms with Gasteiger partial charge in [0.15, 0.2) is 0 Å². The minimum Gasteiger partial charge on any atom is -0.341 e. The number of rotatable bonds is 3. The van der Waals surface area contributed by atoms with Crippen molar-refractivity contribution in [2.45, 2.75) is 50.4 Å². The molecule has 2 saturated heterocycles. The van der Waals surface area contributed by atoms with Crippen LogP contribution in [0.2, 0.25) is 0 Å². The first-order valence-electron chi connectivity index (χ1n) is 8.58. The van der Waals surface area contributed by atoms with Gasteiger partial charge in [-0.1, -0.05) is 12.1 Å². The number of nitrogens with one attached hydrogen (secondary N) is 1. The van der Waals surface area contributed by atoms with Gasteiger partial charge >= 0.3 is 0 Å². The summed E-state index contributed by atoms with van der Waals surface area (Å²) in [6.07, 6.45) is 5.78. The average molecular weight is 326 g/mol. The molecule has 2 aliphatic rings. The lowest BCUT2D eigenvalue weighted by Crippen LogP contribution is -2.49. The van der Waals surface area contributed by atoms with Gasteiger partial charge in [-0.05, 0) is 37.8 Å². The Morgan fingerprint density at radius 1 is 1.29 bits per heavy atom. The van der Waals surface area contributed by atoms with Gasteiger partial charge in [-0.2, -0.15) is 5.10 Å². The fourth-order valence-corrected chi connectivity index (χ4v) is 4.07. The smallest absolute Gasteiger partial charge is 0.244 e. The summed E-state index contributed by atoms with van der Waals surface area (Å²) < 4.78 is 1.63. The molecule has 126 valence electrons. The van der Waals surface area contributed by atoms with E-state index in [1.165, 1.54) is 19.0 Å². The number of amides is 1. The van der Waals surface area contributed by atoms with E-state index >= 15 is 0 Å². The van der Waals surface area contributed by atoms with Gasteiger partial charge in [0.25, 0.3) is 0 Å². The predicted octanol–water partition coefficient (Wildman–Crippen LogP) is 1.14. The highest BCUT2D eigenvalue weighted by atomic mass is 16.2. The zero-order valence-corrected chi connectivity index (χ0v) is 13.8. The first-order chi connectivity index (χ1) is 11.6. The number of carbonyl (C=O) groups is 1. The van der Waals surface area contributed by atoms with Crippen LogP contribution < -0.4 is 10.7 Å². The number of nitrogens with zero attached hydrogens (tertiary/aromatic N) is 3. The quantitative estimate of drug-likeness (QED) is 0.918. The van der Waals surface area contributed by atoms with Crippen LogP contribution in [-0.2, 0) is 11.3 Å². The maximum absolute atomic E-state index is 12.7. The van der Waals surface area contributed by atoms with E-state index in [9.17, 15) is 9.59 Å². The normalized spacial score (nSPS) is 25.8. The molecule has 3 heterocycles. The van der Waals surface area contributed by atoms with Crippen LogP contribution in [-0.4, -0.2) is 45.8 Å². The number of hydrogen-bond acceptors (Lipinski definition) is 4. The number of aromatic nitrogens is 2. The molecule has 2 aliphatic heterocycles. The molecule has 1 amide bonds. The molecule has 1 aromatic heterocycles. The standard InChI is InChI=1S/C18H22N4O2/c1-21(14-8-12-6-7-13(9-14)20-12)18(24)11-22-16-5-3-2-4-15(16)17(23)10-19-22/h2-5,10,12-14,20H,6-9,11H2,1H3. The molecule has 2 bridgehead atoms. The maximum Gasteiger partial charge on any atom is 0.244 e. The summed E-state index contributed by atoms with van der Waals surface area (Å²) in [5.74, 6) is 0.0441. The van der Waals surface area contributed by atoms with Crippen LogP contribution >= 0.6 is 0 Å². The van der Waals surface area contributed by atoms with E-state index in [2.05, 4.69) is 10.4 Å². The second-order valence-corrected chi connectivity index (χ2v) is 6.95. The van der Waals surface area contributed by atoms with Crippen molar-refractivity contribution in [1.82, 2.24) is 20.0 Å². The average Bonchev–Trinajstić information content (AvgIpc) is 2.95. The van der Waals surface area contributed by atoms with Crippen molar-refractivity contribution < 1.29 is 4.79 Å². The number of fused-ring (bicyclic) bond motifs is 3. The molecule has 0 aliphatic carbocycles. The van der Waals surface area contributed by atoms with E-state index in [0.717, 1.165) is 12.8 Å². The van der Waals surface area contributed by atoms with Gasteiger partial charge in [0.05, 0.1) is 11.7 Å². The van der Waals surface area contributed by atoms with Crippen LogP contribution in [0.15, 0.2) is 35.3 Å². The lowest BCUT2D eigenvalue weighted by Gasteiger charge is -2.35. The van der Waals surface area contributed by atoms with Crippen LogP contribution in [0, 0.1) is 0 Å². The zero-order valence-electron chi connectivity index (χ0n) is 13.8. The largest absolute Gasteiger partial charge is 0.341 e. The van der Waals surface area contributed by atoms with Crippen LogP contribution in [0.4, 0.5) is 0 Å². The maximum atomic E-state index is 12.7. The van der Waals surface area contributed by atoms with Crippen molar-refractivity contribution in [3.63, 3.8) is 0 Å². The Hall–Kier alpha value is -2.21.